The molecule has 1 aromatic rings. The van der Waals surface area contributed by atoms with Crippen LogP contribution in [0.2, 0.25) is 4.34 Å². The van der Waals surface area contributed by atoms with Crippen LogP contribution in [0.1, 0.15) is 24.6 Å². The van der Waals surface area contributed by atoms with Crippen molar-refractivity contribution in [2.24, 2.45) is 10.9 Å². The van der Waals surface area contributed by atoms with E-state index in [1.54, 1.807) is 11.3 Å². The Kier molecular flexibility index (Phi) is 8.21. The molecule has 1 fully saturated rings. The lowest BCUT2D eigenvalue weighted by atomic mass is 10.00. The van der Waals surface area contributed by atoms with Crippen LogP contribution >= 0.6 is 46.9 Å². The van der Waals surface area contributed by atoms with Crippen LogP contribution in [0.5, 0.6) is 0 Å². The first kappa shape index (κ1) is 18.0. The summed E-state index contributed by atoms with van der Waals surface area (Å²) in [6.45, 7) is 5.47. The Morgan fingerprint density at radius 1 is 1.45 bits per heavy atom. The van der Waals surface area contributed by atoms with E-state index in [1.807, 2.05) is 13.1 Å². The lowest BCUT2D eigenvalue weighted by molar-refractivity contribution is 0.273. The molecule has 1 saturated heterocycles. The van der Waals surface area contributed by atoms with Gasteiger partial charge in [0, 0.05) is 31.6 Å². The van der Waals surface area contributed by atoms with Gasteiger partial charge in [0.25, 0.3) is 0 Å². The van der Waals surface area contributed by atoms with Gasteiger partial charge in [0.15, 0.2) is 5.96 Å². The number of aliphatic imine (C=N–C) groups is 1. The Labute approximate surface area is 147 Å². The molecule has 1 N–H and O–H groups in total. The van der Waals surface area contributed by atoms with Crippen molar-refractivity contribution < 1.29 is 0 Å². The predicted molar refractivity (Wildman–Crippen MR) is 99.8 cm³/mol. The molecule has 3 nitrogen and oxygen atoms in total. The number of hydrogen-bond donors (Lipinski definition) is 1. The number of likely N-dealkylation sites (tertiary alicyclic amines) is 1. The molecular weight excluding hydrogens is 405 g/mol. The number of rotatable bonds is 3. The molecule has 1 aliphatic rings. The summed E-state index contributed by atoms with van der Waals surface area (Å²) in [6.07, 6.45) is 3.53. The van der Waals surface area contributed by atoms with Gasteiger partial charge in [-0.25, -0.2) is 0 Å². The van der Waals surface area contributed by atoms with E-state index in [0.29, 0.717) is 0 Å². The number of thiophene rings is 1. The molecule has 20 heavy (non-hydrogen) atoms. The summed E-state index contributed by atoms with van der Waals surface area (Å²) < 4.78 is 0.865. The molecule has 2 rings (SSSR count). The maximum Gasteiger partial charge on any atom is 0.193 e. The topological polar surface area (TPSA) is 27.6 Å². The Balaban J connectivity index is 0.00000200. The highest BCUT2D eigenvalue weighted by Crippen LogP contribution is 2.21. The standard InChI is InChI=1S/C14H22ClN3S.HI/c1-11-6-9-18(10-7-11)14(16-2)17-8-5-12-3-4-13(15)19-12;/h3-4,11H,5-10H2,1-2H3,(H,16,17);1H. The number of hydrogen-bond acceptors (Lipinski definition) is 2. The van der Waals surface area contributed by atoms with Gasteiger partial charge in [-0.1, -0.05) is 18.5 Å². The SMILES string of the molecule is CN=C(NCCc1ccc(Cl)s1)N1CCC(C)CC1.I. The van der Waals surface area contributed by atoms with E-state index in [0.717, 1.165) is 42.3 Å². The Morgan fingerprint density at radius 3 is 2.70 bits per heavy atom. The molecule has 6 heteroatoms. The van der Waals surface area contributed by atoms with E-state index in [9.17, 15) is 0 Å². The van der Waals surface area contributed by atoms with Crippen LogP contribution in [0.3, 0.4) is 0 Å². The van der Waals surface area contributed by atoms with Gasteiger partial charge in [-0.2, -0.15) is 0 Å². The highest BCUT2D eigenvalue weighted by Gasteiger charge is 2.18. The minimum atomic E-state index is 0. The van der Waals surface area contributed by atoms with E-state index < -0.39 is 0 Å². The molecule has 0 spiro atoms. The molecule has 1 aliphatic heterocycles. The van der Waals surface area contributed by atoms with Gasteiger partial charge in [0.1, 0.15) is 0 Å². The van der Waals surface area contributed by atoms with E-state index in [1.165, 1.54) is 17.7 Å². The molecule has 0 radical (unpaired) electrons. The van der Waals surface area contributed by atoms with Crippen molar-refractivity contribution in [3.05, 3.63) is 21.3 Å². The van der Waals surface area contributed by atoms with E-state index in [-0.39, 0.29) is 24.0 Å². The number of nitrogens with one attached hydrogen (secondary N) is 1. The van der Waals surface area contributed by atoms with Gasteiger partial charge < -0.3 is 10.2 Å². The molecule has 114 valence electrons. The summed E-state index contributed by atoms with van der Waals surface area (Å²) in [5, 5.41) is 3.45. The third-order valence-corrected chi connectivity index (χ3v) is 4.87. The van der Waals surface area contributed by atoms with Crippen LogP contribution < -0.4 is 5.32 Å². The quantitative estimate of drug-likeness (QED) is 0.450. The van der Waals surface area contributed by atoms with Gasteiger partial charge in [0.05, 0.1) is 4.34 Å². The molecule has 1 aromatic heterocycles. The van der Waals surface area contributed by atoms with Crippen LogP contribution in [0.4, 0.5) is 0 Å². The van der Waals surface area contributed by atoms with Crippen LogP contribution in [-0.4, -0.2) is 37.5 Å². The first-order valence-electron chi connectivity index (χ1n) is 6.89. The third-order valence-electron chi connectivity index (χ3n) is 3.58. The zero-order valence-electron chi connectivity index (χ0n) is 12.1. The van der Waals surface area contributed by atoms with Crippen molar-refractivity contribution in [1.82, 2.24) is 10.2 Å². The summed E-state index contributed by atoms with van der Waals surface area (Å²) in [6, 6.07) is 4.06. The second kappa shape index (κ2) is 9.10. The highest BCUT2D eigenvalue weighted by molar-refractivity contribution is 14.0. The van der Waals surface area contributed by atoms with Crippen molar-refractivity contribution >= 4 is 52.9 Å². The van der Waals surface area contributed by atoms with Gasteiger partial charge in [-0.05, 0) is 37.3 Å². The number of guanidine groups is 1. The maximum absolute atomic E-state index is 5.93. The summed E-state index contributed by atoms with van der Waals surface area (Å²) in [5.74, 6) is 1.89. The van der Waals surface area contributed by atoms with Crippen LogP contribution in [0.15, 0.2) is 17.1 Å². The predicted octanol–water partition coefficient (Wildman–Crippen LogP) is 3.87. The molecule has 0 unspecified atom stereocenters. The van der Waals surface area contributed by atoms with Crippen molar-refractivity contribution in [1.29, 1.82) is 0 Å². The first-order chi connectivity index (χ1) is 9.19. The van der Waals surface area contributed by atoms with Gasteiger partial charge in [-0.15, -0.1) is 35.3 Å². The zero-order chi connectivity index (χ0) is 13.7. The minimum Gasteiger partial charge on any atom is -0.356 e. The number of halogens is 2. The Hall–Kier alpha value is -0.0100. The van der Waals surface area contributed by atoms with E-state index >= 15 is 0 Å². The van der Waals surface area contributed by atoms with Crippen LogP contribution in [0, 0.1) is 5.92 Å². The smallest absolute Gasteiger partial charge is 0.193 e. The molecule has 0 amide bonds. The molecule has 0 bridgehead atoms. The molecule has 0 saturated carbocycles. The maximum atomic E-state index is 5.93. The number of nitrogens with zero attached hydrogens (tertiary/aromatic N) is 2. The van der Waals surface area contributed by atoms with Crippen molar-refractivity contribution in [3.8, 4) is 0 Å². The monoisotopic (exact) mass is 427 g/mol. The average molecular weight is 428 g/mol. The molecule has 0 aromatic carbocycles. The van der Waals surface area contributed by atoms with Gasteiger partial charge in [0.2, 0.25) is 0 Å². The van der Waals surface area contributed by atoms with Crippen LogP contribution in [-0.2, 0) is 6.42 Å². The van der Waals surface area contributed by atoms with Gasteiger partial charge in [-0.3, -0.25) is 4.99 Å². The highest BCUT2D eigenvalue weighted by atomic mass is 127. The second-order valence-corrected chi connectivity index (χ2v) is 6.90. The Morgan fingerprint density at radius 2 is 2.15 bits per heavy atom. The van der Waals surface area contributed by atoms with Crippen molar-refractivity contribution in [2.75, 3.05) is 26.7 Å². The van der Waals surface area contributed by atoms with Crippen molar-refractivity contribution in [3.63, 3.8) is 0 Å². The summed E-state index contributed by atoms with van der Waals surface area (Å²) in [7, 11) is 1.86. The lowest BCUT2D eigenvalue weighted by Gasteiger charge is -2.32. The Bertz CT molecular complexity index is 428. The van der Waals surface area contributed by atoms with Crippen molar-refractivity contribution in [2.45, 2.75) is 26.2 Å². The molecule has 2 heterocycles. The average Bonchev–Trinajstić information content (AvgIpc) is 2.82. The second-order valence-electron chi connectivity index (χ2n) is 5.10. The third kappa shape index (κ3) is 5.41. The zero-order valence-corrected chi connectivity index (χ0v) is 16.0. The van der Waals surface area contributed by atoms with Crippen LogP contribution in [0.25, 0.3) is 0 Å². The molecule has 0 aliphatic carbocycles. The van der Waals surface area contributed by atoms with Gasteiger partial charge >= 0.3 is 0 Å². The fourth-order valence-corrected chi connectivity index (χ4v) is 3.42. The number of piperidine rings is 1. The summed E-state index contributed by atoms with van der Waals surface area (Å²) in [5.41, 5.74) is 0. The lowest BCUT2D eigenvalue weighted by Crippen LogP contribution is -2.45. The summed E-state index contributed by atoms with van der Waals surface area (Å²) >= 11 is 7.59. The normalized spacial score (nSPS) is 16.9. The first-order valence-corrected chi connectivity index (χ1v) is 8.08. The fourth-order valence-electron chi connectivity index (χ4n) is 2.34. The van der Waals surface area contributed by atoms with E-state index in [2.05, 4.69) is 28.2 Å². The largest absolute Gasteiger partial charge is 0.356 e. The molecular formula is C14H23ClIN3S. The minimum absolute atomic E-state index is 0. The molecule has 0 atom stereocenters. The van der Waals surface area contributed by atoms with E-state index in [4.69, 9.17) is 11.6 Å². The fraction of sp³-hybridized carbons (Fsp3) is 0.643. The summed E-state index contributed by atoms with van der Waals surface area (Å²) in [4.78, 5) is 8.06.